The highest BCUT2D eigenvalue weighted by Gasteiger charge is 2.45. The first-order valence-electron chi connectivity index (χ1n) is 12.4. The van der Waals surface area contributed by atoms with Crippen LogP contribution in [0.25, 0.3) is 0 Å². The zero-order valence-corrected chi connectivity index (χ0v) is 21.4. The van der Waals surface area contributed by atoms with E-state index in [1.54, 1.807) is 35.1 Å². The molecule has 1 spiro atoms. The summed E-state index contributed by atoms with van der Waals surface area (Å²) < 4.78 is 44.4. The molecule has 2 aliphatic heterocycles. The van der Waals surface area contributed by atoms with Crippen LogP contribution >= 0.6 is 0 Å². The van der Waals surface area contributed by atoms with Crippen molar-refractivity contribution in [2.75, 3.05) is 39.8 Å². The fraction of sp³-hybridized carbons (Fsp3) is 0.556. The Labute approximate surface area is 211 Å². The highest BCUT2D eigenvalue weighted by atomic mass is 19.3. The molecular formula is C27H35F2N3O4. The van der Waals surface area contributed by atoms with Gasteiger partial charge in [0.1, 0.15) is 6.10 Å². The molecule has 196 valence electrons. The molecule has 7 nitrogen and oxygen atoms in total. The summed E-state index contributed by atoms with van der Waals surface area (Å²) >= 11 is 0. The summed E-state index contributed by atoms with van der Waals surface area (Å²) in [5.41, 5.74) is 1.52. The van der Waals surface area contributed by atoms with Crippen molar-refractivity contribution in [1.82, 2.24) is 14.8 Å². The third-order valence-corrected chi connectivity index (χ3v) is 6.70. The number of hydrogen-bond donors (Lipinski definition) is 0. The largest absolute Gasteiger partial charge is 0.493 e. The van der Waals surface area contributed by atoms with Crippen LogP contribution in [0.3, 0.4) is 0 Å². The Morgan fingerprint density at radius 3 is 2.58 bits per heavy atom. The van der Waals surface area contributed by atoms with E-state index in [1.807, 2.05) is 39.0 Å². The highest BCUT2D eigenvalue weighted by Crippen LogP contribution is 2.38. The third kappa shape index (κ3) is 6.13. The summed E-state index contributed by atoms with van der Waals surface area (Å²) in [7, 11) is 1.55. The van der Waals surface area contributed by atoms with Gasteiger partial charge in [0.15, 0.2) is 11.5 Å². The molecule has 1 aromatic heterocycles. The van der Waals surface area contributed by atoms with Gasteiger partial charge in [-0.05, 0) is 63.9 Å². The second kappa shape index (κ2) is 11.1. The number of morpholine rings is 1. The monoisotopic (exact) mass is 503 g/mol. The minimum Gasteiger partial charge on any atom is -0.493 e. The lowest BCUT2D eigenvalue weighted by molar-refractivity contribution is -0.181. The lowest BCUT2D eigenvalue weighted by Gasteiger charge is -2.50. The molecule has 1 atom stereocenters. The molecule has 9 heteroatoms. The van der Waals surface area contributed by atoms with Crippen molar-refractivity contribution in [3.05, 3.63) is 53.3 Å². The first kappa shape index (κ1) is 26.3. The number of pyridine rings is 1. The molecule has 36 heavy (non-hydrogen) atoms. The van der Waals surface area contributed by atoms with E-state index < -0.39 is 18.1 Å². The van der Waals surface area contributed by atoms with Crippen LogP contribution in [0, 0.1) is 6.92 Å². The number of hydrogen-bond acceptors (Lipinski definition) is 6. The van der Waals surface area contributed by atoms with Gasteiger partial charge in [0.05, 0.1) is 31.1 Å². The van der Waals surface area contributed by atoms with E-state index in [1.165, 1.54) is 0 Å². The number of likely N-dealkylation sites (tertiary alicyclic amines) is 1. The van der Waals surface area contributed by atoms with Crippen molar-refractivity contribution < 1.29 is 27.8 Å². The van der Waals surface area contributed by atoms with E-state index in [0.29, 0.717) is 56.1 Å². The van der Waals surface area contributed by atoms with E-state index in [-0.39, 0.29) is 18.6 Å². The highest BCUT2D eigenvalue weighted by molar-refractivity contribution is 5.95. The smallest absolute Gasteiger partial charge is 0.253 e. The minimum atomic E-state index is -2.43. The molecule has 0 N–H and O–H groups in total. The van der Waals surface area contributed by atoms with Crippen molar-refractivity contribution in [3.63, 3.8) is 0 Å². The number of amides is 1. The van der Waals surface area contributed by atoms with Crippen LogP contribution < -0.4 is 9.47 Å². The van der Waals surface area contributed by atoms with Gasteiger partial charge < -0.3 is 19.1 Å². The Bertz CT molecular complexity index is 1060. The van der Waals surface area contributed by atoms with Gasteiger partial charge in [0.25, 0.3) is 12.3 Å². The molecule has 2 aliphatic rings. The van der Waals surface area contributed by atoms with Gasteiger partial charge in [-0.1, -0.05) is 6.07 Å². The number of nitrogens with zero attached hydrogens (tertiary/aromatic N) is 3. The Morgan fingerprint density at radius 1 is 1.19 bits per heavy atom. The van der Waals surface area contributed by atoms with Gasteiger partial charge in [-0.2, -0.15) is 0 Å². The van der Waals surface area contributed by atoms with Gasteiger partial charge in [-0.3, -0.25) is 14.7 Å². The maximum Gasteiger partial charge on any atom is 0.253 e. The molecule has 0 aliphatic carbocycles. The zero-order valence-electron chi connectivity index (χ0n) is 21.4. The molecule has 2 saturated heterocycles. The lowest BCUT2D eigenvalue weighted by atomic mass is 9.87. The summed E-state index contributed by atoms with van der Waals surface area (Å²) in [6.45, 7) is 7.19. The Hall–Kier alpha value is -2.78. The molecule has 4 rings (SSSR count). The first-order valence-corrected chi connectivity index (χ1v) is 12.4. The van der Waals surface area contributed by atoms with Crippen LogP contribution in [-0.2, 0) is 4.74 Å². The molecule has 3 heterocycles. The van der Waals surface area contributed by atoms with E-state index in [0.717, 1.165) is 11.4 Å². The number of piperidine rings is 1. The number of benzene rings is 1. The summed E-state index contributed by atoms with van der Waals surface area (Å²) in [6, 6.07) is 10.9. The van der Waals surface area contributed by atoms with Gasteiger partial charge in [0.2, 0.25) is 0 Å². The van der Waals surface area contributed by atoms with Crippen molar-refractivity contribution in [2.45, 2.75) is 57.8 Å². The number of alkyl halides is 2. The van der Waals surface area contributed by atoms with Crippen LogP contribution in [0.2, 0.25) is 0 Å². The second-order valence-electron chi connectivity index (χ2n) is 9.90. The SMILES string of the molecule is COc1cc(C(=O)N2CCC3(CC2)CN(CC(F)F)CC(c2cccc(C)n2)O3)ccc1OC(C)C. The molecule has 1 unspecified atom stereocenters. The van der Waals surface area contributed by atoms with Gasteiger partial charge in [0, 0.05) is 37.4 Å². The number of methoxy groups -OCH3 is 1. The first-order chi connectivity index (χ1) is 17.2. The maximum atomic E-state index is 13.3. The average Bonchev–Trinajstić information content (AvgIpc) is 2.83. The second-order valence-corrected chi connectivity index (χ2v) is 9.90. The average molecular weight is 504 g/mol. The summed E-state index contributed by atoms with van der Waals surface area (Å²) in [5.74, 6) is 0.998. The topological polar surface area (TPSA) is 64.1 Å². The standard InChI is InChI=1S/C27H35F2N3O4/c1-18(2)35-22-9-8-20(14-23(22)34-4)26(33)32-12-10-27(11-13-32)17-31(16-25(28)29)15-24(36-27)21-7-5-6-19(3)30-21/h5-9,14,18,24-25H,10-13,15-17H2,1-4H3. The van der Waals surface area contributed by atoms with Crippen molar-refractivity contribution in [1.29, 1.82) is 0 Å². The van der Waals surface area contributed by atoms with Crippen molar-refractivity contribution in [2.24, 2.45) is 0 Å². The molecule has 0 radical (unpaired) electrons. The summed E-state index contributed by atoms with van der Waals surface area (Å²) in [5, 5.41) is 0. The quantitative estimate of drug-likeness (QED) is 0.555. The number of aromatic nitrogens is 1. The minimum absolute atomic E-state index is 0.0160. The fourth-order valence-corrected chi connectivity index (χ4v) is 5.04. The van der Waals surface area contributed by atoms with Crippen LogP contribution in [0.5, 0.6) is 11.5 Å². The summed E-state index contributed by atoms with van der Waals surface area (Å²) in [6.07, 6.45) is -1.71. The molecule has 0 bridgehead atoms. The fourth-order valence-electron chi connectivity index (χ4n) is 5.04. The van der Waals surface area contributed by atoms with Crippen LogP contribution in [0.15, 0.2) is 36.4 Å². The predicted octanol–water partition coefficient (Wildman–Crippen LogP) is 4.50. The Morgan fingerprint density at radius 2 is 1.94 bits per heavy atom. The van der Waals surface area contributed by atoms with Crippen molar-refractivity contribution in [3.8, 4) is 11.5 Å². The van der Waals surface area contributed by atoms with E-state index in [2.05, 4.69) is 4.98 Å². The number of ether oxygens (including phenoxy) is 3. The lowest BCUT2D eigenvalue weighted by Crippen LogP contribution is -2.58. The van der Waals surface area contributed by atoms with Crippen LogP contribution in [0.4, 0.5) is 8.78 Å². The van der Waals surface area contributed by atoms with E-state index in [9.17, 15) is 13.6 Å². The number of carbonyl (C=O) groups is 1. The molecular weight excluding hydrogens is 468 g/mol. The van der Waals surface area contributed by atoms with E-state index >= 15 is 0 Å². The molecule has 1 aromatic carbocycles. The van der Waals surface area contributed by atoms with Gasteiger partial charge >= 0.3 is 0 Å². The Balaban J connectivity index is 1.47. The number of aryl methyl sites for hydroxylation is 1. The van der Waals surface area contributed by atoms with Crippen molar-refractivity contribution >= 4 is 5.91 Å². The number of rotatable bonds is 7. The maximum absolute atomic E-state index is 13.3. The Kier molecular flexibility index (Phi) is 8.10. The zero-order chi connectivity index (χ0) is 25.9. The normalized spacial score (nSPS) is 20.2. The molecule has 2 fully saturated rings. The molecule has 1 amide bonds. The predicted molar refractivity (Wildman–Crippen MR) is 132 cm³/mol. The number of carbonyl (C=O) groups excluding carboxylic acids is 1. The van der Waals surface area contributed by atoms with Gasteiger partial charge in [-0.25, -0.2) is 8.78 Å². The van der Waals surface area contributed by atoms with E-state index in [4.69, 9.17) is 14.2 Å². The van der Waals surface area contributed by atoms with Crippen LogP contribution in [-0.4, -0.2) is 78.7 Å². The molecule has 2 aromatic rings. The molecule has 0 saturated carbocycles. The third-order valence-electron chi connectivity index (χ3n) is 6.70. The summed E-state index contributed by atoms with van der Waals surface area (Å²) in [4.78, 5) is 21.4. The number of halogens is 2. The van der Waals surface area contributed by atoms with Gasteiger partial charge in [-0.15, -0.1) is 0 Å². The van der Waals surface area contributed by atoms with Crippen LogP contribution in [0.1, 0.15) is 54.5 Å².